The smallest absolute Gasteiger partial charge is 0.134 e. The molecule has 0 radical (unpaired) electrons. The molecule has 3 aliphatic rings. The van der Waals surface area contributed by atoms with Gasteiger partial charge in [0.05, 0.1) is 5.60 Å². The number of carbonyl (C=O) groups is 1. The van der Waals surface area contributed by atoms with Crippen LogP contribution in [0.5, 0.6) is 5.75 Å². The molecule has 1 heterocycles. The lowest BCUT2D eigenvalue weighted by molar-refractivity contribution is -0.149. The number of carbonyl (C=O) groups excluding carboxylic acids is 1. The molecule has 0 aromatic heterocycles. The number of phenolic OH excluding ortho intramolecular Hbond substituents is 1. The Morgan fingerprint density at radius 2 is 2.15 bits per heavy atom. The third kappa shape index (κ3) is 1.36. The van der Waals surface area contributed by atoms with Crippen LogP contribution in [0.3, 0.4) is 0 Å². The van der Waals surface area contributed by atoms with Crippen LogP contribution in [-0.2, 0) is 16.6 Å². The Morgan fingerprint density at radius 1 is 1.30 bits per heavy atom. The van der Waals surface area contributed by atoms with Crippen molar-refractivity contribution in [2.45, 2.75) is 49.2 Å². The Hall–Kier alpha value is -1.39. The molecular weight excluding hydrogens is 254 g/mol. The van der Waals surface area contributed by atoms with Crippen molar-refractivity contribution in [1.29, 1.82) is 0 Å². The van der Waals surface area contributed by atoms with Gasteiger partial charge in [0.2, 0.25) is 0 Å². The number of ketones is 1. The third-order valence-corrected chi connectivity index (χ3v) is 5.66. The molecular formula is C16H19NO3. The number of benzene rings is 1. The van der Waals surface area contributed by atoms with Crippen molar-refractivity contribution in [1.82, 2.24) is 5.32 Å². The molecule has 1 aliphatic heterocycles. The van der Waals surface area contributed by atoms with Gasteiger partial charge < -0.3 is 15.5 Å². The zero-order chi connectivity index (χ0) is 14.0. The molecule has 2 bridgehead atoms. The highest BCUT2D eigenvalue weighted by molar-refractivity contribution is 5.82. The van der Waals surface area contributed by atoms with E-state index in [2.05, 4.69) is 5.32 Å². The van der Waals surface area contributed by atoms with E-state index in [-0.39, 0.29) is 17.6 Å². The zero-order valence-corrected chi connectivity index (χ0v) is 11.4. The van der Waals surface area contributed by atoms with Gasteiger partial charge in [0, 0.05) is 24.3 Å². The molecule has 1 saturated carbocycles. The van der Waals surface area contributed by atoms with Gasteiger partial charge >= 0.3 is 0 Å². The average molecular weight is 273 g/mol. The van der Waals surface area contributed by atoms with E-state index in [1.165, 1.54) is 0 Å². The highest BCUT2D eigenvalue weighted by atomic mass is 16.3. The molecule has 4 rings (SSSR count). The number of rotatable bonds is 0. The lowest BCUT2D eigenvalue weighted by Gasteiger charge is -2.60. The van der Waals surface area contributed by atoms with Crippen LogP contribution in [0.15, 0.2) is 18.2 Å². The molecule has 1 aromatic rings. The number of aliphatic hydroxyl groups is 1. The standard InChI is InChI=1S/C16H19NO3/c18-11-2-1-10-7-14-16(20)4-3-12(19)9-15(16,5-6-17-14)13(10)8-11/h1-2,8,14,17-18,20H,3-7,9H2/t14-,15-,16?/m1/s1. The summed E-state index contributed by atoms with van der Waals surface area (Å²) in [6.45, 7) is 0.815. The van der Waals surface area contributed by atoms with Crippen molar-refractivity contribution < 1.29 is 15.0 Å². The van der Waals surface area contributed by atoms with Crippen LogP contribution >= 0.6 is 0 Å². The summed E-state index contributed by atoms with van der Waals surface area (Å²) in [6.07, 6.45) is 2.91. The lowest BCUT2D eigenvalue weighted by Crippen LogP contribution is -2.72. The van der Waals surface area contributed by atoms with Crippen molar-refractivity contribution >= 4 is 5.78 Å². The SMILES string of the molecule is O=C1CCC2(O)[C@H]3Cc4ccc(O)cc4[C@@]2(CCN3)C1. The summed E-state index contributed by atoms with van der Waals surface area (Å²) in [5, 5.41) is 24.6. The van der Waals surface area contributed by atoms with E-state index in [9.17, 15) is 15.0 Å². The van der Waals surface area contributed by atoms with Crippen LogP contribution in [0.25, 0.3) is 0 Å². The molecule has 0 amide bonds. The Morgan fingerprint density at radius 3 is 3.00 bits per heavy atom. The molecule has 1 unspecified atom stereocenters. The van der Waals surface area contributed by atoms with Crippen molar-refractivity contribution in [3.8, 4) is 5.75 Å². The maximum absolute atomic E-state index is 12.1. The van der Waals surface area contributed by atoms with Crippen molar-refractivity contribution in [3.05, 3.63) is 29.3 Å². The van der Waals surface area contributed by atoms with Crippen molar-refractivity contribution in [2.24, 2.45) is 0 Å². The van der Waals surface area contributed by atoms with E-state index in [1.54, 1.807) is 12.1 Å². The summed E-state index contributed by atoms with van der Waals surface area (Å²) in [5.41, 5.74) is 0.773. The highest BCUT2D eigenvalue weighted by Gasteiger charge is 2.62. The topological polar surface area (TPSA) is 69.6 Å². The first-order chi connectivity index (χ1) is 9.55. The summed E-state index contributed by atoms with van der Waals surface area (Å²) in [7, 11) is 0. The van der Waals surface area contributed by atoms with Crippen LogP contribution in [0.1, 0.15) is 36.8 Å². The number of aromatic hydroxyl groups is 1. The summed E-state index contributed by atoms with van der Waals surface area (Å²) >= 11 is 0. The van der Waals surface area contributed by atoms with Gasteiger partial charge in [-0.25, -0.2) is 0 Å². The summed E-state index contributed by atoms with van der Waals surface area (Å²) in [4.78, 5) is 12.1. The zero-order valence-electron chi connectivity index (χ0n) is 11.4. The molecule has 4 heteroatoms. The second-order valence-corrected chi connectivity index (χ2v) is 6.52. The minimum absolute atomic E-state index is 0.0152. The van der Waals surface area contributed by atoms with Gasteiger partial charge in [0.25, 0.3) is 0 Å². The number of nitrogens with one attached hydrogen (secondary N) is 1. The molecule has 106 valence electrons. The fourth-order valence-corrected chi connectivity index (χ4v) is 4.70. The number of hydrogen-bond donors (Lipinski definition) is 3. The summed E-state index contributed by atoms with van der Waals surface area (Å²) in [6, 6.07) is 5.41. The predicted molar refractivity (Wildman–Crippen MR) is 73.7 cm³/mol. The Balaban J connectivity index is 1.98. The molecule has 4 nitrogen and oxygen atoms in total. The summed E-state index contributed by atoms with van der Waals surface area (Å²) < 4.78 is 0. The number of phenols is 1. The molecule has 3 N–H and O–H groups in total. The predicted octanol–water partition coefficient (Wildman–Crippen LogP) is 1.03. The molecule has 2 aliphatic carbocycles. The number of hydrogen-bond acceptors (Lipinski definition) is 4. The first-order valence-electron chi connectivity index (χ1n) is 7.35. The Bertz CT molecular complexity index is 599. The van der Waals surface area contributed by atoms with Gasteiger partial charge in [-0.05, 0) is 49.1 Å². The molecule has 0 spiro atoms. The van der Waals surface area contributed by atoms with Gasteiger partial charge in [-0.2, -0.15) is 0 Å². The number of fused-ring (bicyclic) bond motifs is 1. The molecule has 3 atom stereocenters. The van der Waals surface area contributed by atoms with E-state index in [1.807, 2.05) is 6.07 Å². The molecule has 20 heavy (non-hydrogen) atoms. The van der Waals surface area contributed by atoms with E-state index in [0.717, 1.165) is 30.5 Å². The first kappa shape index (κ1) is 12.4. The van der Waals surface area contributed by atoms with E-state index < -0.39 is 11.0 Å². The van der Waals surface area contributed by atoms with Crippen molar-refractivity contribution in [2.75, 3.05) is 6.54 Å². The number of piperidine rings is 1. The summed E-state index contributed by atoms with van der Waals surface area (Å²) in [5.74, 6) is 0.446. The minimum Gasteiger partial charge on any atom is -0.508 e. The van der Waals surface area contributed by atoms with Crippen LogP contribution in [0.2, 0.25) is 0 Å². The first-order valence-corrected chi connectivity index (χ1v) is 7.35. The van der Waals surface area contributed by atoms with Gasteiger partial charge in [0.1, 0.15) is 11.5 Å². The maximum atomic E-state index is 12.1. The maximum Gasteiger partial charge on any atom is 0.134 e. The Labute approximate surface area is 117 Å². The third-order valence-electron chi connectivity index (χ3n) is 5.66. The second kappa shape index (κ2) is 3.83. The quantitative estimate of drug-likeness (QED) is 0.660. The number of Topliss-reactive ketones (excluding diaryl/α,β-unsaturated/α-hetero) is 1. The Kier molecular flexibility index (Phi) is 2.37. The van der Waals surface area contributed by atoms with Crippen molar-refractivity contribution in [3.63, 3.8) is 0 Å². The molecule has 1 aromatic carbocycles. The molecule has 2 fully saturated rings. The minimum atomic E-state index is -0.861. The van der Waals surface area contributed by atoms with Crippen LogP contribution in [-0.4, -0.2) is 34.2 Å². The van der Waals surface area contributed by atoms with E-state index in [0.29, 0.717) is 19.3 Å². The van der Waals surface area contributed by atoms with Gasteiger partial charge in [-0.3, -0.25) is 4.79 Å². The second-order valence-electron chi connectivity index (χ2n) is 6.52. The van der Waals surface area contributed by atoms with Crippen LogP contribution in [0.4, 0.5) is 0 Å². The van der Waals surface area contributed by atoms with E-state index in [4.69, 9.17) is 0 Å². The lowest BCUT2D eigenvalue weighted by atomic mass is 9.50. The fraction of sp³-hybridized carbons (Fsp3) is 0.562. The van der Waals surface area contributed by atoms with Gasteiger partial charge in [-0.1, -0.05) is 6.07 Å². The highest BCUT2D eigenvalue weighted by Crippen LogP contribution is 2.55. The monoisotopic (exact) mass is 273 g/mol. The largest absolute Gasteiger partial charge is 0.508 e. The van der Waals surface area contributed by atoms with Crippen LogP contribution in [0, 0.1) is 0 Å². The van der Waals surface area contributed by atoms with Crippen LogP contribution < -0.4 is 5.32 Å². The average Bonchev–Trinajstić information content (AvgIpc) is 2.41. The van der Waals surface area contributed by atoms with Gasteiger partial charge in [0.15, 0.2) is 0 Å². The van der Waals surface area contributed by atoms with Gasteiger partial charge in [-0.15, -0.1) is 0 Å². The fourth-order valence-electron chi connectivity index (χ4n) is 4.70. The normalized spacial score (nSPS) is 39.0. The molecule has 1 saturated heterocycles. The van der Waals surface area contributed by atoms with E-state index >= 15 is 0 Å².